The second-order valence-corrected chi connectivity index (χ2v) is 5.89. The minimum Gasteiger partial charge on any atom is -0.475 e. The first kappa shape index (κ1) is 16.0. The van der Waals surface area contributed by atoms with Crippen LogP contribution in [0.2, 0.25) is 0 Å². The molecule has 1 fully saturated rings. The molecule has 1 aromatic heterocycles. The molecule has 0 bridgehead atoms. The van der Waals surface area contributed by atoms with Gasteiger partial charge in [-0.25, -0.2) is 4.98 Å². The highest BCUT2D eigenvalue weighted by molar-refractivity contribution is 5.48. The van der Waals surface area contributed by atoms with Crippen molar-refractivity contribution in [3.05, 3.63) is 11.4 Å². The maximum Gasteiger partial charge on any atom is 0.221 e. The molecular formula is C16H27N3O2. The summed E-state index contributed by atoms with van der Waals surface area (Å²) >= 11 is 0. The predicted octanol–water partition coefficient (Wildman–Crippen LogP) is 3.29. The van der Waals surface area contributed by atoms with E-state index in [4.69, 9.17) is 9.47 Å². The van der Waals surface area contributed by atoms with Gasteiger partial charge < -0.3 is 14.8 Å². The van der Waals surface area contributed by atoms with Crippen molar-refractivity contribution in [2.75, 3.05) is 25.1 Å². The standard InChI is InChI=1S/C16H27N3O2/c1-5-8-17-15-12(4)16(19-14(18-15)11(2)3)21-10-13-7-6-9-20-13/h11,13H,5-10H2,1-4H3,(H,17,18,19). The lowest BCUT2D eigenvalue weighted by atomic mass is 10.2. The molecule has 0 aliphatic carbocycles. The Hall–Kier alpha value is -1.36. The molecule has 5 nitrogen and oxygen atoms in total. The molecule has 2 heterocycles. The van der Waals surface area contributed by atoms with Crippen molar-refractivity contribution in [1.82, 2.24) is 9.97 Å². The quantitative estimate of drug-likeness (QED) is 0.836. The molecule has 0 amide bonds. The van der Waals surface area contributed by atoms with Crippen LogP contribution < -0.4 is 10.1 Å². The normalized spacial score (nSPS) is 18.2. The van der Waals surface area contributed by atoms with E-state index in [0.29, 0.717) is 12.5 Å². The average Bonchev–Trinajstić information content (AvgIpc) is 2.98. The van der Waals surface area contributed by atoms with Crippen LogP contribution in [0, 0.1) is 6.92 Å². The highest BCUT2D eigenvalue weighted by atomic mass is 16.5. The zero-order valence-corrected chi connectivity index (χ0v) is 13.6. The van der Waals surface area contributed by atoms with E-state index in [-0.39, 0.29) is 12.0 Å². The van der Waals surface area contributed by atoms with Crippen LogP contribution in [0.25, 0.3) is 0 Å². The number of hydrogen-bond donors (Lipinski definition) is 1. The first-order valence-corrected chi connectivity index (χ1v) is 7.98. The van der Waals surface area contributed by atoms with Crippen molar-refractivity contribution >= 4 is 5.82 Å². The molecule has 0 aromatic carbocycles. The van der Waals surface area contributed by atoms with E-state index >= 15 is 0 Å². The van der Waals surface area contributed by atoms with Crippen LogP contribution in [0.1, 0.15) is 57.3 Å². The molecule has 2 rings (SSSR count). The maximum atomic E-state index is 5.92. The number of hydrogen-bond acceptors (Lipinski definition) is 5. The van der Waals surface area contributed by atoms with Crippen LogP contribution in [-0.2, 0) is 4.74 Å². The second kappa shape index (κ2) is 7.59. The van der Waals surface area contributed by atoms with Crippen molar-refractivity contribution < 1.29 is 9.47 Å². The Morgan fingerprint density at radius 1 is 1.38 bits per heavy atom. The van der Waals surface area contributed by atoms with Crippen molar-refractivity contribution in [1.29, 1.82) is 0 Å². The summed E-state index contributed by atoms with van der Waals surface area (Å²) in [6.07, 6.45) is 3.46. The number of anilines is 1. The minimum atomic E-state index is 0.203. The SMILES string of the molecule is CCCNc1nc(C(C)C)nc(OCC2CCCO2)c1C. The summed E-state index contributed by atoms with van der Waals surface area (Å²) in [6.45, 7) is 10.7. The second-order valence-electron chi connectivity index (χ2n) is 5.89. The largest absolute Gasteiger partial charge is 0.475 e. The Balaban J connectivity index is 2.14. The van der Waals surface area contributed by atoms with Gasteiger partial charge in [0.1, 0.15) is 18.2 Å². The summed E-state index contributed by atoms with van der Waals surface area (Å²) < 4.78 is 11.5. The fourth-order valence-corrected chi connectivity index (χ4v) is 2.27. The molecular weight excluding hydrogens is 266 g/mol. The first-order valence-electron chi connectivity index (χ1n) is 7.98. The molecule has 1 atom stereocenters. The number of nitrogens with one attached hydrogen (secondary N) is 1. The van der Waals surface area contributed by atoms with Crippen LogP contribution in [0.15, 0.2) is 0 Å². The van der Waals surface area contributed by atoms with E-state index in [1.54, 1.807) is 0 Å². The summed E-state index contributed by atoms with van der Waals surface area (Å²) in [7, 11) is 0. The summed E-state index contributed by atoms with van der Waals surface area (Å²) in [5.41, 5.74) is 0.978. The summed E-state index contributed by atoms with van der Waals surface area (Å²) in [4.78, 5) is 9.19. The molecule has 0 spiro atoms. The summed E-state index contributed by atoms with van der Waals surface area (Å²) in [5, 5.41) is 3.36. The maximum absolute atomic E-state index is 5.92. The van der Waals surface area contributed by atoms with Crippen molar-refractivity contribution in [2.24, 2.45) is 0 Å². The molecule has 1 unspecified atom stereocenters. The number of aromatic nitrogens is 2. The third kappa shape index (κ3) is 4.30. The van der Waals surface area contributed by atoms with Gasteiger partial charge in [0.25, 0.3) is 0 Å². The third-order valence-corrected chi connectivity index (χ3v) is 3.61. The lowest BCUT2D eigenvalue weighted by Crippen LogP contribution is -2.18. The molecule has 21 heavy (non-hydrogen) atoms. The topological polar surface area (TPSA) is 56.3 Å². The summed E-state index contributed by atoms with van der Waals surface area (Å²) in [6, 6.07) is 0. The van der Waals surface area contributed by atoms with E-state index in [2.05, 4.69) is 36.1 Å². The average molecular weight is 293 g/mol. The van der Waals surface area contributed by atoms with Gasteiger partial charge in [0, 0.05) is 19.1 Å². The lowest BCUT2D eigenvalue weighted by Gasteiger charge is -2.17. The van der Waals surface area contributed by atoms with Crippen LogP contribution in [0.3, 0.4) is 0 Å². The molecule has 0 radical (unpaired) electrons. The monoisotopic (exact) mass is 293 g/mol. The van der Waals surface area contributed by atoms with E-state index in [1.165, 1.54) is 0 Å². The zero-order valence-electron chi connectivity index (χ0n) is 13.6. The Labute approximate surface area is 127 Å². The molecule has 0 saturated carbocycles. The number of nitrogens with zero attached hydrogens (tertiary/aromatic N) is 2. The van der Waals surface area contributed by atoms with Gasteiger partial charge in [-0.1, -0.05) is 20.8 Å². The Morgan fingerprint density at radius 2 is 2.19 bits per heavy atom. The van der Waals surface area contributed by atoms with E-state index in [0.717, 1.165) is 49.6 Å². The van der Waals surface area contributed by atoms with Crippen molar-refractivity contribution in [3.63, 3.8) is 0 Å². The van der Waals surface area contributed by atoms with Gasteiger partial charge in [0.2, 0.25) is 5.88 Å². The van der Waals surface area contributed by atoms with Gasteiger partial charge in [-0.05, 0) is 26.2 Å². The van der Waals surface area contributed by atoms with Gasteiger partial charge in [-0.2, -0.15) is 4.98 Å². The Kier molecular flexibility index (Phi) is 5.79. The smallest absolute Gasteiger partial charge is 0.221 e. The molecule has 5 heteroatoms. The van der Waals surface area contributed by atoms with Gasteiger partial charge in [0.15, 0.2) is 0 Å². The Morgan fingerprint density at radius 3 is 2.81 bits per heavy atom. The molecule has 1 saturated heterocycles. The van der Waals surface area contributed by atoms with E-state index in [1.807, 2.05) is 6.92 Å². The van der Waals surface area contributed by atoms with E-state index < -0.39 is 0 Å². The highest BCUT2D eigenvalue weighted by Crippen LogP contribution is 2.25. The molecule has 1 aliphatic rings. The lowest BCUT2D eigenvalue weighted by molar-refractivity contribution is 0.0659. The molecule has 1 aliphatic heterocycles. The number of rotatable bonds is 7. The third-order valence-electron chi connectivity index (χ3n) is 3.61. The zero-order chi connectivity index (χ0) is 15.2. The van der Waals surface area contributed by atoms with Gasteiger partial charge in [-0.15, -0.1) is 0 Å². The number of ether oxygens (including phenoxy) is 2. The van der Waals surface area contributed by atoms with Crippen LogP contribution >= 0.6 is 0 Å². The molecule has 118 valence electrons. The highest BCUT2D eigenvalue weighted by Gasteiger charge is 2.19. The van der Waals surface area contributed by atoms with Gasteiger partial charge in [-0.3, -0.25) is 0 Å². The van der Waals surface area contributed by atoms with Crippen molar-refractivity contribution in [3.8, 4) is 5.88 Å². The fourth-order valence-electron chi connectivity index (χ4n) is 2.27. The molecule has 1 N–H and O–H groups in total. The Bertz CT molecular complexity index is 457. The molecule has 1 aromatic rings. The van der Waals surface area contributed by atoms with Crippen molar-refractivity contribution in [2.45, 2.75) is 59.0 Å². The summed E-state index contributed by atoms with van der Waals surface area (Å²) in [5.74, 6) is 2.67. The first-order chi connectivity index (χ1) is 10.1. The fraction of sp³-hybridized carbons (Fsp3) is 0.750. The van der Waals surface area contributed by atoms with E-state index in [9.17, 15) is 0 Å². The van der Waals surface area contributed by atoms with Crippen LogP contribution in [0.5, 0.6) is 5.88 Å². The van der Waals surface area contributed by atoms with Gasteiger partial charge in [0.05, 0.1) is 11.7 Å². The predicted molar refractivity (Wildman–Crippen MR) is 84.1 cm³/mol. The van der Waals surface area contributed by atoms with Crippen LogP contribution in [0.4, 0.5) is 5.82 Å². The van der Waals surface area contributed by atoms with Crippen LogP contribution in [-0.4, -0.2) is 35.8 Å². The van der Waals surface area contributed by atoms with Gasteiger partial charge >= 0.3 is 0 Å². The minimum absolute atomic E-state index is 0.203.